The first-order chi connectivity index (χ1) is 6.27. The predicted molar refractivity (Wildman–Crippen MR) is 52.8 cm³/mol. The Labute approximate surface area is 78.8 Å². The number of carbonyl (C=O) groups is 1. The van der Waals surface area contributed by atoms with Crippen LogP contribution in [0.4, 0.5) is 0 Å². The first-order valence-electron chi connectivity index (χ1n) is 4.86. The lowest BCUT2D eigenvalue weighted by atomic mass is 9.96. The van der Waals surface area contributed by atoms with Gasteiger partial charge in [-0.3, -0.25) is 4.79 Å². The third kappa shape index (κ3) is 1.64. The second-order valence-corrected chi connectivity index (χ2v) is 3.82. The van der Waals surface area contributed by atoms with Gasteiger partial charge in [-0.2, -0.15) is 0 Å². The van der Waals surface area contributed by atoms with E-state index >= 15 is 0 Å². The van der Waals surface area contributed by atoms with Gasteiger partial charge in [-0.25, -0.2) is 0 Å². The van der Waals surface area contributed by atoms with E-state index in [9.17, 15) is 4.79 Å². The molecule has 0 aliphatic heterocycles. The highest BCUT2D eigenvalue weighted by Gasteiger charge is 2.25. The van der Waals surface area contributed by atoms with Crippen molar-refractivity contribution < 1.29 is 4.79 Å². The molecule has 0 N–H and O–H groups in total. The number of ketones is 1. The van der Waals surface area contributed by atoms with Crippen LogP contribution in [0.25, 0.3) is 0 Å². The highest BCUT2D eigenvalue weighted by molar-refractivity contribution is 5.87. The minimum Gasteiger partial charge on any atom is -0.299 e. The SMILES string of the molecule is Cc1ccc(C2CCCC2=O)cc1. The van der Waals surface area contributed by atoms with E-state index in [1.54, 1.807) is 0 Å². The average molecular weight is 174 g/mol. The van der Waals surface area contributed by atoms with E-state index < -0.39 is 0 Å². The molecule has 2 rings (SSSR count). The number of carbonyl (C=O) groups excluding carboxylic acids is 1. The summed E-state index contributed by atoms with van der Waals surface area (Å²) in [7, 11) is 0. The summed E-state index contributed by atoms with van der Waals surface area (Å²) in [5.41, 5.74) is 2.46. The molecule has 1 aromatic carbocycles. The number of hydrogen-bond donors (Lipinski definition) is 0. The van der Waals surface area contributed by atoms with Crippen molar-refractivity contribution in [2.45, 2.75) is 32.1 Å². The molecule has 0 aromatic heterocycles. The first kappa shape index (κ1) is 8.49. The summed E-state index contributed by atoms with van der Waals surface area (Å²) < 4.78 is 0. The third-order valence-corrected chi connectivity index (χ3v) is 2.78. The topological polar surface area (TPSA) is 17.1 Å². The Morgan fingerprint density at radius 2 is 1.92 bits per heavy atom. The van der Waals surface area contributed by atoms with Gasteiger partial charge < -0.3 is 0 Å². The maximum atomic E-state index is 11.5. The van der Waals surface area contributed by atoms with Gasteiger partial charge in [0, 0.05) is 12.3 Å². The van der Waals surface area contributed by atoms with E-state index in [-0.39, 0.29) is 5.92 Å². The maximum absolute atomic E-state index is 11.5. The first-order valence-corrected chi connectivity index (χ1v) is 4.86. The summed E-state index contributed by atoms with van der Waals surface area (Å²) >= 11 is 0. The number of hydrogen-bond acceptors (Lipinski definition) is 1. The van der Waals surface area contributed by atoms with Crippen molar-refractivity contribution in [2.24, 2.45) is 0 Å². The van der Waals surface area contributed by atoms with Crippen molar-refractivity contribution in [3.8, 4) is 0 Å². The minimum atomic E-state index is 0.195. The zero-order valence-electron chi connectivity index (χ0n) is 7.92. The van der Waals surface area contributed by atoms with Gasteiger partial charge in [-0.1, -0.05) is 29.8 Å². The van der Waals surface area contributed by atoms with Gasteiger partial charge in [-0.15, -0.1) is 0 Å². The van der Waals surface area contributed by atoms with Crippen molar-refractivity contribution >= 4 is 5.78 Å². The third-order valence-electron chi connectivity index (χ3n) is 2.78. The lowest BCUT2D eigenvalue weighted by Crippen LogP contribution is -2.03. The van der Waals surface area contributed by atoms with Crippen molar-refractivity contribution in [3.05, 3.63) is 35.4 Å². The fourth-order valence-electron chi connectivity index (χ4n) is 1.97. The van der Waals surface area contributed by atoms with Crippen LogP contribution in [0.15, 0.2) is 24.3 Å². The lowest BCUT2D eigenvalue weighted by Gasteiger charge is -2.07. The second kappa shape index (κ2) is 3.33. The van der Waals surface area contributed by atoms with E-state index in [1.165, 1.54) is 11.1 Å². The van der Waals surface area contributed by atoms with Gasteiger partial charge in [0.15, 0.2) is 0 Å². The normalized spacial score (nSPS) is 22.2. The summed E-state index contributed by atoms with van der Waals surface area (Å²) in [6, 6.07) is 8.34. The summed E-state index contributed by atoms with van der Waals surface area (Å²) in [5.74, 6) is 0.615. The zero-order chi connectivity index (χ0) is 9.26. The highest BCUT2D eigenvalue weighted by Crippen LogP contribution is 2.30. The molecule has 1 aliphatic carbocycles. The Balaban J connectivity index is 2.25. The molecule has 1 fully saturated rings. The fraction of sp³-hybridized carbons (Fsp3) is 0.417. The molecule has 1 unspecified atom stereocenters. The summed E-state index contributed by atoms with van der Waals surface area (Å²) in [5, 5.41) is 0. The molecule has 1 heteroatoms. The van der Waals surface area contributed by atoms with Gasteiger partial charge in [0.2, 0.25) is 0 Å². The molecule has 1 saturated carbocycles. The molecule has 68 valence electrons. The molecule has 1 nitrogen and oxygen atoms in total. The lowest BCUT2D eigenvalue weighted by molar-refractivity contribution is -0.118. The zero-order valence-corrected chi connectivity index (χ0v) is 7.92. The smallest absolute Gasteiger partial charge is 0.140 e. The van der Waals surface area contributed by atoms with Crippen LogP contribution in [-0.2, 0) is 4.79 Å². The summed E-state index contributed by atoms with van der Waals surface area (Å²) in [6.45, 7) is 2.07. The maximum Gasteiger partial charge on any atom is 0.140 e. The van der Waals surface area contributed by atoms with Crippen LogP contribution in [0.3, 0.4) is 0 Å². The quantitative estimate of drug-likeness (QED) is 0.639. The van der Waals surface area contributed by atoms with E-state index in [4.69, 9.17) is 0 Å². The molecular formula is C12H14O. The minimum absolute atomic E-state index is 0.195. The number of aryl methyl sites for hydroxylation is 1. The molecule has 0 bridgehead atoms. The molecule has 1 aliphatic rings. The van der Waals surface area contributed by atoms with Gasteiger partial charge in [-0.05, 0) is 25.3 Å². The van der Waals surface area contributed by atoms with Crippen molar-refractivity contribution in [1.29, 1.82) is 0 Å². The highest BCUT2D eigenvalue weighted by atomic mass is 16.1. The van der Waals surface area contributed by atoms with E-state index in [0.29, 0.717) is 5.78 Å². The van der Waals surface area contributed by atoms with E-state index in [1.807, 2.05) is 0 Å². The van der Waals surface area contributed by atoms with Crippen LogP contribution in [0.1, 0.15) is 36.3 Å². The van der Waals surface area contributed by atoms with Crippen molar-refractivity contribution in [1.82, 2.24) is 0 Å². The van der Waals surface area contributed by atoms with Crippen LogP contribution >= 0.6 is 0 Å². The number of Topliss-reactive ketones (excluding diaryl/α,β-unsaturated/α-hetero) is 1. The van der Waals surface area contributed by atoms with Gasteiger partial charge in [0.1, 0.15) is 5.78 Å². The molecule has 0 saturated heterocycles. The van der Waals surface area contributed by atoms with Crippen LogP contribution in [0.2, 0.25) is 0 Å². The van der Waals surface area contributed by atoms with Gasteiger partial charge in [0.25, 0.3) is 0 Å². The Morgan fingerprint density at radius 1 is 1.23 bits per heavy atom. The molecule has 1 aromatic rings. The van der Waals surface area contributed by atoms with E-state index in [2.05, 4.69) is 31.2 Å². The number of benzene rings is 1. The van der Waals surface area contributed by atoms with Crippen molar-refractivity contribution in [3.63, 3.8) is 0 Å². The fourth-order valence-corrected chi connectivity index (χ4v) is 1.97. The molecule has 13 heavy (non-hydrogen) atoms. The monoisotopic (exact) mass is 174 g/mol. The number of rotatable bonds is 1. The molecule has 1 atom stereocenters. The van der Waals surface area contributed by atoms with Gasteiger partial charge in [0.05, 0.1) is 0 Å². The van der Waals surface area contributed by atoms with Crippen LogP contribution in [-0.4, -0.2) is 5.78 Å². The van der Waals surface area contributed by atoms with Crippen LogP contribution in [0, 0.1) is 6.92 Å². The second-order valence-electron chi connectivity index (χ2n) is 3.82. The predicted octanol–water partition coefficient (Wildman–Crippen LogP) is 2.83. The Bertz CT molecular complexity index is 310. The Morgan fingerprint density at radius 3 is 2.46 bits per heavy atom. The molecule has 0 spiro atoms. The van der Waals surface area contributed by atoms with E-state index in [0.717, 1.165) is 19.3 Å². The summed E-state index contributed by atoms with van der Waals surface area (Å²) in [6.07, 6.45) is 2.89. The Kier molecular flexibility index (Phi) is 2.17. The molecule has 0 heterocycles. The average Bonchev–Trinajstić information content (AvgIpc) is 2.53. The Hall–Kier alpha value is -1.11. The summed E-state index contributed by atoms with van der Waals surface area (Å²) in [4.78, 5) is 11.5. The molecule has 0 radical (unpaired) electrons. The van der Waals surface area contributed by atoms with Crippen molar-refractivity contribution in [2.75, 3.05) is 0 Å². The van der Waals surface area contributed by atoms with Crippen LogP contribution < -0.4 is 0 Å². The molecule has 0 amide bonds. The van der Waals surface area contributed by atoms with Gasteiger partial charge >= 0.3 is 0 Å². The standard InChI is InChI=1S/C12H14O/c1-9-5-7-10(8-6-9)11-3-2-4-12(11)13/h5-8,11H,2-4H2,1H3. The van der Waals surface area contributed by atoms with Crippen LogP contribution in [0.5, 0.6) is 0 Å². The molecular weight excluding hydrogens is 160 g/mol. The largest absolute Gasteiger partial charge is 0.299 e.